The number of aromatic nitrogens is 3. The van der Waals surface area contributed by atoms with E-state index in [2.05, 4.69) is 44.8 Å². The number of carbonyl (C=O) groups excluding carboxylic acids is 2. The maximum atomic E-state index is 12.9. The van der Waals surface area contributed by atoms with Crippen molar-refractivity contribution >= 4 is 40.6 Å². The van der Waals surface area contributed by atoms with E-state index in [1.165, 1.54) is 18.2 Å². The first-order valence-electron chi connectivity index (χ1n) is 9.99. The Morgan fingerprint density at radius 1 is 1.15 bits per heavy atom. The zero-order valence-electron chi connectivity index (χ0n) is 18.4. The summed E-state index contributed by atoms with van der Waals surface area (Å²) in [5.41, 5.74) is 1.87. The van der Waals surface area contributed by atoms with Gasteiger partial charge in [-0.25, -0.2) is 9.97 Å². The number of nitrogens with zero attached hydrogens (tertiary/aromatic N) is 5. The number of nitrogens with one attached hydrogen (secondary N) is 2. The summed E-state index contributed by atoms with van der Waals surface area (Å²) < 4.78 is 5.06. The molecule has 0 fully saturated rings. The Labute approximate surface area is 196 Å². The van der Waals surface area contributed by atoms with Gasteiger partial charge in [0.25, 0.3) is 5.91 Å². The SMILES string of the molecule is C=CC(=O)Nc1cccc(N(C(=O)C=C)c2nc(Nc3ccc(OC)nc3)ncc2CC#N)c1. The zero-order chi connectivity index (χ0) is 24.5. The first-order valence-corrected chi connectivity index (χ1v) is 9.99. The van der Waals surface area contributed by atoms with Crippen LogP contribution < -0.4 is 20.3 Å². The van der Waals surface area contributed by atoms with Crippen molar-refractivity contribution in [3.8, 4) is 11.9 Å². The number of hydrogen-bond donors (Lipinski definition) is 2. The Morgan fingerprint density at radius 3 is 2.62 bits per heavy atom. The Bertz CT molecular complexity index is 1270. The Hall–Kier alpha value is -5.04. The van der Waals surface area contributed by atoms with Crippen molar-refractivity contribution in [1.82, 2.24) is 15.0 Å². The molecule has 10 nitrogen and oxygen atoms in total. The molecular formula is C24H21N7O3. The second-order valence-electron chi connectivity index (χ2n) is 6.71. The minimum atomic E-state index is -0.484. The van der Waals surface area contributed by atoms with Gasteiger partial charge in [0, 0.05) is 23.5 Å². The maximum absolute atomic E-state index is 12.9. The van der Waals surface area contributed by atoms with Crippen molar-refractivity contribution in [2.45, 2.75) is 6.42 Å². The minimum Gasteiger partial charge on any atom is -0.481 e. The summed E-state index contributed by atoms with van der Waals surface area (Å²) in [5.74, 6) is -0.0605. The molecule has 2 amide bonds. The van der Waals surface area contributed by atoms with Gasteiger partial charge in [0.1, 0.15) is 5.82 Å². The van der Waals surface area contributed by atoms with Gasteiger partial charge in [-0.2, -0.15) is 10.2 Å². The highest BCUT2D eigenvalue weighted by Crippen LogP contribution is 2.31. The van der Waals surface area contributed by atoms with Crippen molar-refractivity contribution in [3.63, 3.8) is 0 Å². The van der Waals surface area contributed by atoms with Gasteiger partial charge in [-0.1, -0.05) is 19.2 Å². The highest BCUT2D eigenvalue weighted by Gasteiger charge is 2.22. The van der Waals surface area contributed by atoms with E-state index in [1.54, 1.807) is 42.6 Å². The molecule has 170 valence electrons. The van der Waals surface area contributed by atoms with E-state index in [1.807, 2.05) is 0 Å². The third kappa shape index (κ3) is 5.60. The lowest BCUT2D eigenvalue weighted by molar-refractivity contribution is -0.113. The third-order valence-corrected chi connectivity index (χ3v) is 4.48. The number of carbonyl (C=O) groups is 2. The van der Waals surface area contributed by atoms with E-state index >= 15 is 0 Å². The number of amides is 2. The number of anilines is 5. The maximum Gasteiger partial charge on any atom is 0.256 e. The summed E-state index contributed by atoms with van der Waals surface area (Å²) >= 11 is 0. The molecule has 0 atom stereocenters. The van der Waals surface area contributed by atoms with Crippen LogP contribution in [0.2, 0.25) is 0 Å². The molecule has 0 aliphatic rings. The highest BCUT2D eigenvalue weighted by molar-refractivity contribution is 6.07. The lowest BCUT2D eigenvalue weighted by atomic mass is 10.2. The molecule has 2 aromatic heterocycles. The van der Waals surface area contributed by atoms with Crippen LogP contribution >= 0.6 is 0 Å². The monoisotopic (exact) mass is 455 g/mol. The normalized spacial score (nSPS) is 9.88. The molecule has 0 saturated heterocycles. The molecule has 0 saturated carbocycles. The van der Waals surface area contributed by atoms with Crippen LogP contribution in [0.4, 0.5) is 28.8 Å². The van der Waals surface area contributed by atoms with E-state index in [0.29, 0.717) is 28.5 Å². The summed E-state index contributed by atoms with van der Waals surface area (Å²) in [4.78, 5) is 38.8. The fourth-order valence-corrected chi connectivity index (χ4v) is 2.93. The van der Waals surface area contributed by atoms with Gasteiger partial charge in [0.15, 0.2) is 0 Å². The molecule has 10 heteroatoms. The van der Waals surface area contributed by atoms with Crippen molar-refractivity contribution in [2.24, 2.45) is 0 Å². The average molecular weight is 455 g/mol. The van der Waals surface area contributed by atoms with Crippen molar-refractivity contribution < 1.29 is 14.3 Å². The lowest BCUT2D eigenvalue weighted by Crippen LogP contribution is -2.26. The van der Waals surface area contributed by atoms with Crippen LogP contribution in [0, 0.1) is 11.3 Å². The predicted octanol–water partition coefficient (Wildman–Crippen LogP) is 3.67. The Kier molecular flexibility index (Phi) is 7.65. The number of rotatable bonds is 9. The number of ether oxygens (including phenoxy) is 1. The van der Waals surface area contributed by atoms with Gasteiger partial charge in [-0.05, 0) is 36.4 Å². The predicted molar refractivity (Wildman–Crippen MR) is 128 cm³/mol. The second-order valence-corrected chi connectivity index (χ2v) is 6.71. The molecule has 2 N–H and O–H groups in total. The molecule has 0 aliphatic heterocycles. The van der Waals surface area contributed by atoms with Crippen LogP contribution in [0.25, 0.3) is 0 Å². The van der Waals surface area contributed by atoms with Crippen molar-refractivity contribution in [1.29, 1.82) is 5.26 Å². The Morgan fingerprint density at radius 2 is 1.97 bits per heavy atom. The van der Waals surface area contributed by atoms with E-state index in [-0.39, 0.29) is 18.2 Å². The van der Waals surface area contributed by atoms with Crippen LogP contribution in [-0.2, 0) is 16.0 Å². The number of hydrogen-bond acceptors (Lipinski definition) is 8. The van der Waals surface area contributed by atoms with Crippen LogP contribution in [0.5, 0.6) is 5.88 Å². The smallest absolute Gasteiger partial charge is 0.256 e. The van der Waals surface area contributed by atoms with Gasteiger partial charge >= 0.3 is 0 Å². The van der Waals surface area contributed by atoms with E-state index in [9.17, 15) is 14.9 Å². The second kappa shape index (κ2) is 11.0. The molecule has 2 heterocycles. The lowest BCUT2D eigenvalue weighted by Gasteiger charge is -2.23. The molecule has 0 unspecified atom stereocenters. The van der Waals surface area contributed by atoms with Crippen LogP contribution in [0.1, 0.15) is 5.56 Å². The Balaban J connectivity index is 2.06. The van der Waals surface area contributed by atoms with Crippen LogP contribution in [-0.4, -0.2) is 33.9 Å². The largest absolute Gasteiger partial charge is 0.481 e. The topological polar surface area (TPSA) is 133 Å². The molecule has 1 aromatic carbocycles. The summed E-state index contributed by atoms with van der Waals surface area (Å²) in [7, 11) is 1.52. The zero-order valence-corrected chi connectivity index (χ0v) is 18.4. The van der Waals surface area contributed by atoms with Crippen LogP contribution in [0.3, 0.4) is 0 Å². The fraction of sp³-hybridized carbons (Fsp3) is 0.0833. The fourth-order valence-electron chi connectivity index (χ4n) is 2.93. The van der Waals surface area contributed by atoms with Gasteiger partial charge in [-0.3, -0.25) is 14.5 Å². The minimum absolute atomic E-state index is 0.0342. The number of pyridine rings is 1. The molecule has 0 spiro atoms. The van der Waals surface area contributed by atoms with Gasteiger partial charge < -0.3 is 15.4 Å². The molecule has 3 aromatic rings. The highest BCUT2D eigenvalue weighted by atomic mass is 16.5. The summed E-state index contributed by atoms with van der Waals surface area (Å²) in [6.07, 6.45) is 5.25. The summed E-state index contributed by atoms with van der Waals surface area (Å²) in [6.45, 7) is 7.01. The third-order valence-electron chi connectivity index (χ3n) is 4.48. The van der Waals surface area contributed by atoms with Gasteiger partial charge in [0.2, 0.25) is 17.7 Å². The molecule has 3 rings (SSSR count). The summed E-state index contributed by atoms with van der Waals surface area (Å²) in [5, 5.41) is 15.0. The number of methoxy groups -OCH3 is 1. The standard InChI is InChI=1S/C24H21N7O3/c1-4-20(32)28-17-7-6-8-19(13-17)31(22(33)5-2)23-16(11-12-25)14-27-24(30-23)29-18-9-10-21(34-3)26-15-18/h4-10,13-15H,1-2,11H2,3H3,(H,28,32)(H,27,29,30). The molecule has 34 heavy (non-hydrogen) atoms. The summed E-state index contributed by atoms with van der Waals surface area (Å²) in [6, 6.07) is 12.1. The van der Waals surface area contributed by atoms with E-state index < -0.39 is 11.8 Å². The first kappa shape index (κ1) is 23.6. The quantitative estimate of drug-likeness (QED) is 0.467. The van der Waals surface area contributed by atoms with Crippen LogP contribution in [0.15, 0.2) is 74.1 Å². The van der Waals surface area contributed by atoms with Crippen molar-refractivity contribution in [3.05, 3.63) is 79.7 Å². The molecule has 0 bridgehead atoms. The molecule has 0 radical (unpaired) electrons. The van der Waals surface area contributed by atoms with E-state index in [4.69, 9.17) is 4.74 Å². The van der Waals surface area contributed by atoms with Gasteiger partial charge in [0.05, 0.1) is 37.2 Å². The molecule has 0 aliphatic carbocycles. The van der Waals surface area contributed by atoms with Gasteiger partial charge in [-0.15, -0.1) is 0 Å². The first-order chi connectivity index (χ1) is 16.5. The number of nitriles is 1. The molecular weight excluding hydrogens is 434 g/mol. The average Bonchev–Trinajstić information content (AvgIpc) is 2.86. The van der Waals surface area contributed by atoms with E-state index in [0.717, 1.165) is 12.2 Å². The van der Waals surface area contributed by atoms with Crippen molar-refractivity contribution in [2.75, 3.05) is 22.6 Å². The number of benzene rings is 1.